The van der Waals surface area contributed by atoms with E-state index < -0.39 is 28.2 Å². The summed E-state index contributed by atoms with van der Waals surface area (Å²) in [6, 6.07) is 3.45. The third-order valence-electron chi connectivity index (χ3n) is 4.02. The van der Waals surface area contributed by atoms with Gasteiger partial charge in [0, 0.05) is 4.78 Å². The second-order valence-electron chi connectivity index (χ2n) is 8.06. The van der Waals surface area contributed by atoms with Crippen LogP contribution < -0.4 is 4.78 Å². The normalized spacial score (nSPS) is 21.3. The molecule has 1 saturated heterocycles. The van der Waals surface area contributed by atoms with Crippen molar-refractivity contribution in [1.82, 2.24) is 0 Å². The van der Waals surface area contributed by atoms with E-state index in [1.165, 1.54) is 11.3 Å². The van der Waals surface area contributed by atoms with Crippen LogP contribution in [0, 0.1) is 5.41 Å². The molecular formula is C15H25BO4S2. The van der Waals surface area contributed by atoms with Crippen LogP contribution >= 0.6 is 11.3 Å². The highest BCUT2D eigenvalue weighted by Gasteiger charge is 2.52. The van der Waals surface area contributed by atoms with Crippen molar-refractivity contribution in [2.45, 2.75) is 63.9 Å². The van der Waals surface area contributed by atoms with Gasteiger partial charge in [-0.1, -0.05) is 26.8 Å². The lowest BCUT2D eigenvalue weighted by Gasteiger charge is -2.32. The fraction of sp³-hybridized carbons (Fsp3) is 0.733. The summed E-state index contributed by atoms with van der Waals surface area (Å²) in [4.78, 5) is 0. The molecule has 124 valence electrons. The third kappa shape index (κ3) is 3.58. The zero-order valence-electron chi connectivity index (χ0n) is 14.4. The first-order chi connectivity index (χ1) is 9.74. The fourth-order valence-electron chi connectivity index (χ4n) is 2.23. The molecule has 2 heterocycles. The molecule has 1 aliphatic heterocycles. The molecule has 0 spiro atoms. The Balaban J connectivity index is 2.24. The minimum atomic E-state index is -3.28. The number of sulfone groups is 1. The van der Waals surface area contributed by atoms with Gasteiger partial charge in [-0.05, 0) is 39.2 Å². The molecule has 0 radical (unpaired) electrons. The first-order valence-corrected chi connectivity index (χ1v) is 9.89. The van der Waals surface area contributed by atoms with Gasteiger partial charge in [-0.2, -0.15) is 0 Å². The molecule has 1 aromatic rings. The van der Waals surface area contributed by atoms with E-state index >= 15 is 0 Å². The maximum absolute atomic E-state index is 12.5. The minimum Gasteiger partial charge on any atom is -0.399 e. The second-order valence-corrected chi connectivity index (χ2v) is 11.4. The van der Waals surface area contributed by atoms with Crippen LogP contribution in [0.3, 0.4) is 0 Å². The fourth-order valence-corrected chi connectivity index (χ4v) is 5.46. The van der Waals surface area contributed by atoms with Gasteiger partial charge in [0.1, 0.15) is 4.21 Å². The first-order valence-electron chi connectivity index (χ1n) is 7.42. The summed E-state index contributed by atoms with van der Waals surface area (Å²) < 4.78 is 38.0. The van der Waals surface area contributed by atoms with Gasteiger partial charge in [-0.25, -0.2) is 8.42 Å². The van der Waals surface area contributed by atoms with E-state index in [1.54, 1.807) is 12.1 Å². The van der Waals surface area contributed by atoms with Crippen LogP contribution in [-0.2, 0) is 19.1 Å². The molecule has 2 rings (SSSR count). The molecule has 0 unspecified atom stereocenters. The van der Waals surface area contributed by atoms with Crippen molar-refractivity contribution in [1.29, 1.82) is 0 Å². The van der Waals surface area contributed by atoms with Gasteiger partial charge in [0.05, 0.1) is 17.0 Å². The average molecular weight is 344 g/mol. The van der Waals surface area contributed by atoms with Crippen LogP contribution in [0.2, 0.25) is 0 Å². The highest BCUT2D eigenvalue weighted by Crippen LogP contribution is 2.37. The standard InChI is InChI=1S/C15H25BO4S2/c1-13(2,3)10-22(17,18)12-9-8-11(21-12)16-19-14(4,5)15(6,7)20-16/h8-9H,10H2,1-7H3. The number of rotatable bonds is 3. The van der Waals surface area contributed by atoms with Gasteiger partial charge in [0.2, 0.25) is 0 Å². The van der Waals surface area contributed by atoms with Gasteiger partial charge >= 0.3 is 7.12 Å². The molecule has 7 heteroatoms. The Morgan fingerprint density at radius 3 is 2.05 bits per heavy atom. The Hall–Kier alpha value is -0.365. The molecule has 0 aliphatic carbocycles. The Bertz CT molecular complexity index is 637. The molecule has 0 saturated carbocycles. The second kappa shape index (κ2) is 5.33. The maximum atomic E-state index is 12.5. The molecule has 22 heavy (non-hydrogen) atoms. The molecule has 1 aromatic heterocycles. The highest BCUT2D eigenvalue weighted by molar-refractivity contribution is 7.93. The predicted molar refractivity (Wildman–Crippen MR) is 91.5 cm³/mol. The number of hydrogen-bond acceptors (Lipinski definition) is 5. The molecule has 0 bridgehead atoms. The molecule has 4 nitrogen and oxygen atoms in total. The van der Waals surface area contributed by atoms with Gasteiger partial charge in [0.15, 0.2) is 9.84 Å². The Labute approximate surface area is 138 Å². The lowest BCUT2D eigenvalue weighted by molar-refractivity contribution is 0.00578. The molecular weight excluding hydrogens is 319 g/mol. The van der Waals surface area contributed by atoms with E-state index in [9.17, 15) is 8.42 Å². The Kier molecular flexibility index (Phi) is 4.36. The van der Waals surface area contributed by atoms with E-state index in [0.29, 0.717) is 4.21 Å². The van der Waals surface area contributed by atoms with Crippen molar-refractivity contribution >= 4 is 33.1 Å². The highest BCUT2D eigenvalue weighted by atomic mass is 32.2. The SMILES string of the molecule is CC(C)(C)CS(=O)(=O)c1ccc(B2OC(C)(C)C(C)(C)O2)s1. The van der Waals surface area contributed by atoms with Crippen molar-refractivity contribution in [2.75, 3.05) is 5.75 Å². The molecule has 1 aliphatic rings. The summed E-state index contributed by atoms with van der Waals surface area (Å²) in [6.07, 6.45) is 0. The van der Waals surface area contributed by atoms with Gasteiger partial charge < -0.3 is 9.31 Å². The van der Waals surface area contributed by atoms with E-state index in [-0.39, 0.29) is 11.2 Å². The number of hydrogen-bond donors (Lipinski definition) is 0. The summed E-state index contributed by atoms with van der Waals surface area (Å²) in [5.74, 6) is 0.128. The monoisotopic (exact) mass is 344 g/mol. The van der Waals surface area contributed by atoms with Crippen molar-refractivity contribution in [3.05, 3.63) is 12.1 Å². The summed E-state index contributed by atoms with van der Waals surface area (Å²) in [5, 5.41) is 0. The van der Waals surface area contributed by atoms with E-state index in [2.05, 4.69) is 0 Å². The molecule has 0 amide bonds. The zero-order valence-corrected chi connectivity index (χ0v) is 16.0. The summed E-state index contributed by atoms with van der Waals surface area (Å²) in [6.45, 7) is 13.7. The summed E-state index contributed by atoms with van der Waals surface area (Å²) in [5.41, 5.74) is -1.12. The summed E-state index contributed by atoms with van der Waals surface area (Å²) in [7, 11) is -3.78. The zero-order chi connectivity index (χ0) is 17.0. The van der Waals surface area contributed by atoms with Crippen molar-refractivity contribution in [2.24, 2.45) is 5.41 Å². The Morgan fingerprint density at radius 2 is 1.59 bits per heavy atom. The minimum absolute atomic E-state index is 0.128. The van der Waals surface area contributed by atoms with Gasteiger partial charge in [-0.15, -0.1) is 11.3 Å². The van der Waals surface area contributed by atoms with Crippen LogP contribution in [-0.4, -0.2) is 32.5 Å². The lowest BCUT2D eigenvalue weighted by Crippen LogP contribution is -2.41. The van der Waals surface area contributed by atoms with Crippen LogP contribution in [0.5, 0.6) is 0 Å². The van der Waals surface area contributed by atoms with Crippen molar-refractivity contribution in [3.63, 3.8) is 0 Å². The molecule has 0 aromatic carbocycles. The van der Waals surface area contributed by atoms with Crippen molar-refractivity contribution < 1.29 is 17.7 Å². The van der Waals surface area contributed by atoms with Crippen molar-refractivity contribution in [3.8, 4) is 0 Å². The quantitative estimate of drug-likeness (QED) is 0.791. The average Bonchev–Trinajstić information content (AvgIpc) is 2.79. The third-order valence-corrected chi connectivity index (χ3v) is 7.93. The molecule has 0 atom stereocenters. The van der Waals surface area contributed by atoms with Crippen LogP contribution in [0.1, 0.15) is 48.5 Å². The van der Waals surface area contributed by atoms with Gasteiger partial charge in [-0.3, -0.25) is 0 Å². The lowest BCUT2D eigenvalue weighted by atomic mass is 9.88. The largest absolute Gasteiger partial charge is 0.505 e. The molecule has 1 fully saturated rings. The van der Waals surface area contributed by atoms with E-state index in [0.717, 1.165) is 4.78 Å². The molecule has 0 N–H and O–H groups in total. The van der Waals surface area contributed by atoms with E-state index in [1.807, 2.05) is 48.5 Å². The predicted octanol–water partition coefficient (Wildman–Crippen LogP) is 2.87. The van der Waals surface area contributed by atoms with Crippen LogP contribution in [0.4, 0.5) is 0 Å². The van der Waals surface area contributed by atoms with Crippen LogP contribution in [0.15, 0.2) is 16.3 Å². The maximum Gasteiger partial charge on any atom is 0.505 e. The smallest absolute Gasteiger partial charge is 0.399 e. The first kappa shape index (κ1) is 18.0. The van der Waals surface area contributed by atoms with Gasteiger partial charge in [0.25, 0.3) is 0 Å². The van der Waals surface area contributed by atoms with E-state index in [4.69, 9.17) is 9.31 Å². The topological polar surface area (TPSA) is 52.6 Å². The Morgan fingerprint density at radius 1 is 1.09 bits per heavy atom. The number of thiophene rings is 1. The van der Waals surface area contributed by atoms with Crippen LogP contribution in [0.25, 0.3) is 0 Å². The summed E-state index contributed by atoms with van der Waals surface area (Å²) >= 11 is 1.24.